The molecule has 0 saturated heterocycles. The summed E-state index contributed by atoms with van der Waals surface area (Å²) in [6.45, 7) is 3.72. The maximum atomic E-state index is 12.1. The van der Waals surface area contributed by atoms with Gasteiger partial charge >= 0.3 is 5.97 Å². The van der Waals surface area contributed by atoms with Crippen molar-refractivity contribution in [2.24, 2.45) is 11.8 Å². The molecule has 1 aliphatic rings. The van der Waals surface area contributed by atoms with Crippen molar-refractivity contribution in [1.82, 2.24) is 0 Å². The first-order valence-electron chi connectivity index (χ1n) is 7.40. The van der Waals surface area contributed by atoms with Crippen molar-refractivity contribution in [2.45, 2.75) is 38.7 Å². The Bertz CT molecular complexity index is 524. The Hall–Kier alpha value is -1.55. The number of fused-ring (bicyclic) bond motifs is 1. The average molecular weight is 292 g/mol. The Kier molecular flexibility index (Phi) is 4.57. The van der Waals surface area contributed by atoms with Crippen LogP contribution in [0.25, 0.3) is 0 Å². The molecule has 0 bridgehead atoms. The van der Waals surface area contributed by atoms with Crippen LogP contribution in [0.1, 0.15) is 31.4 Å². The highest BCUT2D eigenvalue weighted by molar-refractivity contribution is 5.80. The largest absolute Gasteiger partial charge is 0.497 e. The van der Waals surface area contributed by atoms with Crippen LogP contribution in [-0.2, 0) is 22.4 Å². The standard InChI is InChI=1S/C17H24O4/c1-11(2)17(19,16(18)21-4)14-7-5-12-6-8-15(20-3)10-13(12)9-14/h6,8,10-11,14,19H,5,7,9H2,1-4H3. The van der Waals surface area contributed by atoms with Crippen molar-refractivity contribution in [3.8, 4) is 5.75 Å². The van der Waals surface area contributed by atoms with E-state index in [1.807, 2.05) is 26.0 Å². The Balaban J connectivity index is 2.32. The zero-order chi connectivity index (χ0) is 15.6. The Labute approximate surface area is 126 Å². The molecule has 1 aromatic rings. The summed E-state index contributed by atoms with van der Waals surface area (Å²) in [7, 11) is 2.97. The summed E-state index contributed by atoms with van der Waals surface area (Å²) in [5, 5.41) is 10.9. The van der Waals surface area contributed by atoms with Crippen molar-refractivity contribution >= 4 is 5.97 Å². The number of methoxy groups -OCH3 is 2. The second-order valence-electron chi connectivity index (χ2n) is 6.05. The maximum Gasteiger partial charge on any atom is 0.338 e. The van der Waals surface area contributed by atoms with Gasteiger partial charge < -0.3 is 14.6 Å². The molecule has 116 valence electrons. The fourth-order valence-electron chi connectivity index (χ4n) is 3.27. The second-order valence-corrected chi connectivity index (χ2v) is 6.05. The third-order valence-electron chi connectivity index (χ3n) is 4.66. The number of ether oxygens (including phenoxy) is 2. The SMILES string of the molecule is COC(=O)C(O)(C(C)C)C1CCc2ccc(OC)cc2C1. The van der Waals surface area contributed by atoms with Gasteiger partial charge in [-0.1, -0.05) is 19.9 Å². The van der Waals surface area contributed by atoms with E-state index in [1.54, 1.807) is 7.11 Å². The van der Waals surface area contributed by atoms with Crippen molar-refractivity contribution in [2.75, 3.05) is 14.2 Å². The lowest BCUT2D eigenvalue weighted by Crippen LogP contribution is -2.52. The van der Waals surface area contributed by atoms with Gasteiger partial charge in [0.25, 0.3) is 0 Å². The number of carbonyl (C=O) groups is 1. The lowest BCUT2D eigenvalue weighted by Gasteiger charge is -2.39. The van der Waals surface area contributed by atoms with Crippen LogP contribution >= 0.6 is 0 Å². The van der Waals surface area contributed by atoms with Crippen molar-refractivity contribution < 1.29 is 19.4 Å². The van der Waals surface area contributed by atoms with Gasteiger partial charge in [-0.25, -0.2) is 4.79 Å². The first-order valence-corrected chi connectivity index (χ1v) is 7.40. The number of hydrogen-bond donors (Lipinski definition) is 1. The van der Waals surface area contributed by atoms with Crippen molar-refractivity contribution in [3.63, 3.8) is 0 Å². The van der Waals surface area contributed by atoms with E-state index < -0.39 is 11.6 Å². The first-order chi connectivity index (χ1) is 9.93. The van der Waals surface area contributed by atoms with Crippen LogP contribution in [0, 0.1) is 11.8 Å². The minimum Gasteiger partial charge on any atom is -0.497 e. The summed E-state index contributed by atoms with van der Waals surface area (Å²) in [6, 6.07) is 6.02. The number of rotatable bonds is 4. The van der Waals surface area contributed by atoms with Gasteiger partial charge in [0.2, 0.25) is 0 Å². The van der Waals surface area contributed by atoms with Crippen LogP contribution in [0.15, 0.2) is 18.2 Å². The van der Waals surface area contributed by atoms with Gasteiger partial charge in [-0.2, -0.15) is 0 Å². The zero-order valence-electron chi connectivity index (χ0n) is 13.2. The summed E-state index contributed by atoms with van der Waals surface area (Å²) in [5.41, 5.74) is 0.979. The summed E-state index contributed by atoms with van der Waals surface area (Å²) in [5.74, 6) is -0.0546. The van der Waals surface area contributed by atoms with Gasteiger partial charge in [-0.3, -0.25) is 0 Å². The van der Waals surface area contributed by atoms with Crippen LogP contribution in [0.5, 0.6) is 5.75 Å². The lowest BCUT2D eigenvalue weighted by atomic mass is 9.70. The van der Waals surface area contributed by atoms with Crippen LogP contribution in [0.4, 0.5) is 0 Å². The van der Waals surface area contributed by atoms with Gasteiger partial charge in [-0.05, 0) is 48.4 Å². The molecular weight excluding hydrogens is 268 g/mol. The predicted octanol–water partition coefficient (Wildman–Crippen LogP) is 2.36. The van der Waals surface area contributed by atoms with E-state index in [2.05, 4.69) is 6.07 Å². The Morgan fingerprint density at radius 1 is 1.33 bits per heavy atom. The highest BCUT2D eigenvalue weighted by Gasteiger charge is 2.48. The molecular formula is C17H24O4. The molecule has 0 radical (unpaired) electrons. The molecule has 1 aromatic carbocycles. The van der Waals surface area contributed by atoms with E-state index in [4.69, 9.17) is 9.47 Å². The minimum atomic E-state index is -1.44. The molecule has 2 unspecified atom stereocenters. The molecule has 0 heterocycles. The molecule has 2 rings (SSSR count). The number of esters is 1. The van der Waals surface area contributed by atoms with E-state index in [0.717, 1.165) is 24.2 Å². The number of aryl methyl sites for hydroxylation is 1. The highest BCUT2D eigenvalue weighted by Crippen LogP contribution is 2.38. The Morgan fingerprint density at radius 3 is 2.62 bits per heavy atom. The number of carbonyl (C=O) groups excluding carboxylic acids is 1. The molecule has 0 saturated carbocycles. The van der Waals surface area contributed by atoms with Gasteiger partial charge in [0.05, 0.1) is 14.2 Å². The van der Waals surface area contributed by atoms with Gasteiger partial charge in [-0.15, -0.1) is 0 Å². The van der Waals surface area contributed by atoms with E-state index in [9.17, 15) is 9.90 Å². The third-order valence-corrected chi connectivity index (χ3v) is 4.66. The maximum absolute atomic E-state index is 12.1. The zero-order valence-corrected chi connectivity index (χ0v) is 13.2. The first kappa shape index (κ1) is 15.8. The van der Waals surface area contributed by atoms with Gasteiger partial charge in [0.1, 0.15) is 5.75 Å². The number of hydrogen-bond acceptors (Lipinski definition) is 4. The summed E-state index contributed by atoms with van der Waals surface area (Å²) >= 11 is 0. The fraction of sp³-hybridized carbons (Fsp3) is 0.588. The topological polar surface area (TPSA) is 55.8 Å². The molecule has 1 aliphatic carbocycles. The highest BCUT2D eigenvalue weighted by atomic mass is 16.5. The third kappa shape index (κ3) is 2.77. The monoisotopic (exact) mass is 292 g/mol. The normalized spacial score (nSPS) is 20.6. The summed E-state index contributed by atoms with van der Waals surface area (Å²) < 4.78 is 10.1. The molecule has 4 heteroatoms. The molecule has 0 aliphatic heterocycles. The fourth-order valence-corrected chi connectivity index (χ4v) is 3.27. The van der Waals surface area contributed by atoms with Crippen LogP contribution < -0.4 is 4.74 Å². The number of benzene rings is 1. The average Bonchev–Trinajstić information content (AvgIpc) is 2.51. The molecule has 0 fully saturated rings. The van der Waals surface area contributed by atoms with Gasteiger partial charge in [0.15, 0.2) is 5.60 Å². The molecule has 0 amide bonds. The van der Waals surface area contributed by atoms with E-state index in [1.165, 1.54) is 12.7 Å². The quantitative estimate of drug-likeness (QED) is 0.866. The summed E-state index contributed by atoms with van der Waals surface area (Å²) in [6.07, 6.45) is 2.30. The van der Waals surface area contributed by atoms with E-state index in [-0.39, 0.29) is 11.8 Å². The Morgan fingerprint density at radius 2 is 2.05 bits per heavy atom. The van der Waals surface area contributed by atoms with Crippen LogP contribution in [0.2, 0.25) is 0 Å². The second kappa shape index (κ2) is 6.06. The predicted molar refractivity (Wildman–Crippen MR) is 80.3 cm³/mol. The van der Waals surface area contributed by atoms with Crippen molar-refractivity contribution in [3.05, 3.63) is 29.3 Å². The summed E-state index contributed by atoms with van der Waals surface area (Å²) in [4.78, 5) is 12.1. The van der Waals surface area contributed by atoms with Crippen LogP contribution in [-0.4, -0.2) is 30.9 Å². The minimum absolute atomic E-state index is 0.135. The lowest BCUT2D eigenvalue weighted by molar-refractivity contribution is -0.176. The van der Waals surface area contributed by atoms with Crippen LogP contribution in [0.3, 0.4) is 0 Å². The van der Waals surface area contributed by atoms with E-state index in [0.29, 0.717) is 6.42 Å². The number of aliphatic hydroxyl groups is 1. The van der Waals surface area contributed by atoms with E-state index >= 15 is 0 Å². The van der Waals surface area contributed by atoms with Crippen molar-refractivity contribution in [1.29, 1.82) is 0 Å². The molecule has 1 N–H and O–H groups in total. The molecule has 0 aromatic heterocycles. The molecule has 2 atom stereocenters. The molecule has 4 nitrogen and oxygen atoms in total. The smallest absolute Gasteiger partial charge is 0.338 e. The molecule has 0 spiro atoms. The molecule has 21 heavy (non-hydrogen) atoms. The van der Waals surface area contributed by atoms with Gasteiger partial charge in [0, 0.05) is 5.92 Å².